The summed E-state index contributed by atoms with van der Waals surface area (Å²) >= 11 is 0. The highest BCUT2D eigenvalue weighted by Crippen LogP contribution is 2.34. The number of sulfonamides is 1. The molecule has 0 saturated carbocycles. The van der Waals surface area contributed by atoms with Gasteiger partial charge < -0.3 is 14.7 Å². The number of nitrogens with zero attached hydrogens (tertiary/aromatic N) is 3. The van der Waals surface area contributed by atoms with E-state index in [2.05, 4.69) is 16.8 Å². The average molecular weight is 472 g/mol. The number of aromatic nitrogens is 1. The van der Waals surface area contributed by atoms with E-state index in [1.165, 1.54) is 17.3 Å². The van der Waals surface area contributed by atoms with Crippen LogP contribution < -0.4 is 4.74 Å². The topological polar surface area (TPSA) is 100 Å². The van der Waals surface area contributed by atoms with Gasteiger partial charge in [0.1, 0.15) is 16.7 Å². The van der Waals surface area contributed by atoms with E-state index in [4.69, 9.17) is 4.74 Å². The van der Waals surface area contributed by atoms with E-state index >= 15 is 0 Å². The maximum atomic E-state index is 13.5. The van der Waals surface area contributed by atoms with E-state index in [1.807, 2.05) is 13.0 Å². The predicted octanol–water partition coefficient (Wildman–Crippen LogP) is 1.73. The van der Waals surface area contributed by atoms with Crippen molar-refractivity contribution < 1.29 is 23.1 Å². The van der Waals surface area contributed by atoms with Gasteiger partial charge in [0.2, 0.25) is 15.9 Å². The molecule has 0 radical (unpaired) electrons. The van der Waals surface area contributed by atoms with Crippen LogP contribution in [0.4, 0.5) is 0 Å². The molecule has 1 N–H and O–H groups in total. The van der Waals surface area contributed by atoms with Gasteiger partial charge >= 0.3 is 0 Å². The molecule has 2 heterocycles. The molecule has 9 heteroatoms. The number of likely N-dealkylation sites (N-methyl/N-ethyl adjacent to an activating group) is 1. The second-order valence-electron chi connectivity index (χ2n) is 8.29. The van der Waals surface area contributed by atoms with Crippen molar-refractivity contribution in [3.8, 4) is 17.6 Å². The summed E-state index contributed by atoms with van der Waals surface area (Å²) < 4.78 is 34.5. The molecular formula is C24H29N3O5S. The van der Waals surface area contributed by atoms with Gasteiger partial charge in [-0.25, -0.2) is 8.42 Å². The van der Waals surface area contributed by atoms with Gasteiger partial charge in [-0.15, -0.1) is 0 Å². The van der Waals surface area contributed by atoms with Crippen LogP contribution in [0, 0.1) is 17.8 Å². The minimum atomic E-state index is -3.93. The first-order valence-electron chi connectivity index (χ1n) is 10.7. The van der Waals surface area contributed by atoms with Crippen LogP contribution in [0.25, 0.3) is 0 Å². The number of ether oxygens (including phenoxy) is 1. The predicted molar refractivity (Wildman–Crippen MR) is 124 cm³/mol. The molecule has 0 saturated heterocycles. The lowest BCUT2D eigenvalue weighted by atomic mass is 10.0. The van der Waals surface area contributed by atoms with Crippen LogP contribution in [0.5, 0.6) is 5.75 Å². The van der Waals surface area contributed by atoms with E-state index < -0.39 is 22.2 Å². The SMILES string of the molecule is CC(=O)N(C)C[C@@H]1Oc2cc(C#Cc3cccnc3)ccc2S(=O)(=O)N([C@@H](C)CO)C[C@H]1C. The Morgan fingerprint density at radius 3 is 2.70 bits per heavy atom. The minimum Gasteiger partial charge on any atom is -0.487 e. The van der Waals surface area contributed by atoms with E-state index in [0.717, 1.165) is 5.56 Å². The van der Waals surface area contributed by atoms with Crippen LogP contribution in [-0.2, 0) is 14.8 Å². The quantitative estimate of drug-likeness (QED) is 0.682. The molecule has 2 aromatic rings. The number of amides is 1. The molecule has 0 aliphatic carbocycles. The molecule has 0 fully saturated rings. The summed E-state index contributed by atoms with van der Waals surface area (Å²) in [5.41, 5.74) is 1.32. The molecule has 8 nitrogen and oxygen atoms in total. The standard InChI is InChI=1S/C24H29N3O5S/c1-17-14-27(18(2)16-28)33(30,31)24-10-9-20(7-8-21-6-5-11-25-13-21)12-22(24)32-23(17)15-26(4)19(3)29/h5-6,9-13,17-18,23,28H,14-16H2,1-4H3/t17-,18+,23+/m1/s1. The first-order valence-corrected chi connectivity index (χ1v) is 12.1. The maximum Gasteiger partial charge on any atom is 0.247 e. The van der Waals surface area contributed by atoms with Crippen LogP contribution in [0.1, 0.15) is 31.9 Å². The Hall–Kier alpha value is -2.93. The number of benzene rings is 1. The third kappa shape index (κ3) is 5.71. The maximum absolute atomic E-state index is 13.5. The first-order chi connectivity index (χ1) is 15.6. The van der Waals surface area contributed by atoms with E-state index in [-0.39, 0.29) is 35.6 Å². The number of aliphatic hydroxyl groups is 1. The number of carbonyl (C=O) groups is 1. The van der Waals surface area contributed by atoms with Crippen molar-refractivity contribution in [1.82, 2.24) is 14.2 Å². The van der Waals surface area contributed by atoms with Gasteiger partial charge in [-0.2, -0.15) is 4.31 Å². The fourth-order valence-electron chi connectivity index (χ4n) is 3.50. The second-order valence-corrected chi connectivity index (χ2v) is 10.2. The Morgan fingerprint density at radius 2 is 2.06 bits per heavy atom. The Kier molecular flexibility index (Phi) is 7.74. The molecule has 3 atom stereocenters. The van der Waals surface area contributed by atoms with Crippen molar-refractivity contribution in [3.63, 3.8) is 0 Å². The zero-order chi connectivity index (χ0) is 24.2. The van der Waals surface area contributed by atoms with Crippen molar-refractivity contribution in [1.29, 1.82) is 0 Å². The zero-order valence-corrected chi connectivity index (χ0v) is 20.0. The van der Waals surface area contributed by atoms with Gasteiger partial charge in [0, 0.05) is 56.0 Å². The molecule has 1 aliphatic heterocycles. The molecule has 0 unspecified atom stereocenters. The Bertz CT molecular complexity index is 1160. The van der Waals surface area contributed by atoms with Crippen molar-refractivity contribution in [2.24, 2.45) is 5.92 Å². The van der Waals surface area contributed by atoms with Crippen molar-refractivity contribution in [3.05, 3.63) is 53.9 Å². The normalized spacial score (nSPS) is 20.8. The van der Waals surface area contributed by atoms with Gasteiger partial charge in [0.15, 0.2) is 0 Å². The number of rotatable bonds is 4. The molecule has 0 spiro atoms. The molecule has 33 heavy (non-hydrogen) atoms. The monoisotopic (exact) mass is 471 g/mol. The average Bonchev–Trinajstić information content (AvgIpc) is 2.79. The van der Waals surface area contributed by atoms with Crippen LogP contribution in [0.2, 0.25) is 0 Å². The molecule has 1 aromatic heterocycles. The van der Waals surface area contributed by atoms with Crippen LogP contribution in [0.3, 0.4) is 0 Å². The van der Waals surface area contributed by atoms with Gasteiger partial charge in [-0.1, -0.05) is 18.8 Å². The molecule has 1 aliphatic rings. The van der Waals surface area contributed by atoms with Crippen LogP contribution >= 0.6 is 0 Å². The molecule has 3 rings (SSSR count). The lowest BCUT2D eigenvalue weighted by Crippen LogP contribution is -2.50. The van der Waals surface area contributed by atoms with E-state index in [1.54, 1.807) is 49.5 Å². The highest BCUT2D eigenvalue weighted by Gasteiger charge is 2.38. The van der Waals surface area contributed by atoms with Gasteiger partial charge in [-0.3, -0.25) is 9.78 Å². The number of pyridine rings is 1. The van der Waals surface area contributed by atoms with Gasteiger partial charge in [-0.05, 0) is 37.3 Å². The second kappa shape index (κ2) is 10.3. The smallest absolute Gasteiger partial charge is 0.247 e. The van der Waals surface area contributed by atoms with Gasteiger partial charge in [0.05, 0.1) is 13.2 Å². The van der Waals surface area contributed by atoms with E-state index in [0.29, 0.717) is 12.1 Å². The van der Waals surface area contributed by atoms with Crippen molar-refractivity contribution in [2.75, 3.05) is 26.7 Å². The number of aliphatic hydroxyl groups excluding tert-OH is 1. The molecular weight excluding hydrogens is 442 g/mol. The Labute approximate surface area is 195 Å². The fourth-order valence-corrected chi connectivity index (χ4v) is 5.33. The van der Waals surface area contributed by atoms with Crippen LogP contribution in [-0.4, -0.2) is 72.5 Å². The molecule has 1 aromatic carbocycles. The summed E-state index contributed by atoms with van der Waals surface area (Å²) in [4.78, 5) is 17.4. The van der Waals surface area contributed by atoms with Crippen molar-refractivity contribution >= 4 is 15.9 Å². The zero-order valence-electron chi connectivity index (χ0n) is 19.2. The third-order valence-electron chi connectivity index (χ3n) is 5.67. The molecule has 0 bridgehead atoms. The highest BCUT2D eigenvalue weighted by molar-refractivity contribution is 7.89. The summed E-state index contributed by atoms with van der Waals surface area (Å²) in [7, 11) is -2.25. The van der Waals surface area contributed by atoms with Crippen molar-refractivity contribution in [2.45, 2.75) is 37.8 Å². The summed E-state index contributed by atoms with van der Waals surface area (Å²) in [6, 6.07) is 7.73. The number of fused-ring (bicyclic) bond motifs is 1. The summed E-state index contributed by atoms with van der Waals surface area (Å²) in [6.45, 7) is 5.15. The Balaban J connectivity index is 2.08. The molecule has 1 amide bonds. The largest absolute Gasteiger partial charge is 0.487 e. The van der Waals surface area contributed by atoms with Gasteiger partial charge in [0.25, 0.3) is 0 Å². The lowest BCUT2D eigenvalue weighted by Gasteiger charge is -2.37. The number of carbonyl (C=O) groups excluding carboxylic acids is 1. The summed E-state index contributed by atoms with van der Waals surface area (Å²) in [5.74, 6) is 5.85. The highest BCUT2D eigenvalue weighted by atomic mass is 32.2. The minimum absolute atomic E-state index is 0.0112. The number of hydrogen-bond donors (Lipinski definition) is 1. The lowest BCUT2D eigenvalue weighted by molar-refractivity contribution is -0.129. The molecule has 176 valence electrons. The number of hydrogen-bond acceptors (Lipinski definition) is 6. The van der Waals surface area contributed by atoms with Crippen LogP contribution in [0.15, 0.2) is 47.6 Å². The summed E-state index contributed by atoms with van der Waals surface area (Å²) in [5, 5.41) is 9.71. The summed E-state index contributed by atoms with van der Waals surface area (Å²) in [6.07, 6.45) is 2.85. The van der Waals surface area contributed by atoms with E-state index in [9.17, 15) is 18.3 Å². The fraction of sp³-hybridized carbons (Fsp3) is 0.417. The first kappa shape index (κ1) is 24.7. The Morgan fingerprint density at radius 1 is 1.33 bits per heavy atom. The third-order valence-corrected chi connectivity index (χ3v) is 7.69.